The largest absolute Gasteiger partial charge is 0.481 e. The van der Waals surface area contributed by atoms with Crippen LogP contribution in [0.3, 0.4) is 0 Å². The number of aliphatic carboxylic acids is 1. The Hall–Kier alpha value is -1.40. The summed E-state index contributed by atoms with van der Waals surface area (Å²) in [6.45, 7) is 5.03. The minimum absolute atomic E-state index is 0.562. The fourth-order valence-electron chi connectivity index (χ4n) is 1.64. The summed E-state index contributed by atoms with van der Waals surface area (Å²) in [5.41, 5.74) is 5.71. The van der Waals surface area contributed by atoms with Crippen molar-refractivity contribution in [2.45, 2.75) is 32.4 Å². The van der Waals surface area contributed by atoms with Crippen LogP contribution in [-0.4, -0.2) is 22.6 Å². The lowest BCUT2D eigenvalue weighted by atomic mass is 9.93. The Balaban J connectivity index is 2.99. The van der Waals surface area contributed by atoms with E-state index in [0.717, 1.165) is 4.47 Å². The first-order valence-corrected chi connectivity index (χ1v) is 6.88. The highest BCUT2D eigenvalue weighted by molar-refractivity contribution is 9.10. The van der Waals surface area contributed by atoms with Crippen molar-refractivity contribution in [1.29, 1.82) is 0 Å². The van der Waals surface area contributed by atoms with Gasteiger partial charge >= 0.3 is 11.9 Å². The van der Waals surface area contributed by atoms with Gasteiger partial charge < -0.3 is 15.6 Å². The predicted octanol–water partition coefficient (Wildman–Crippen LogP) is 2.49. The maximum Gasteiger partial charge on any atom is 0.322 e. The molecular formula is C14H18BrNO4. The van der Waals surface area contributed by atoms with Crippen LogP contribution in [-0.2, 0) is 14.3 Å². The molecule has 0 saturated carbocycles. The van der Waals surface area contributed by atoms with Gasteiger partial charge in [-0.3, -0.25) is 9.59 Å². The molecule has 0 fully saturated rings. The molecule has 1 aromatic carbocycles. The van der Waals surface area contributed by atoms with Crippen LogP contribution in [0.25, 0.3) is 0 Å². The van der Waals surface area contributed by atoms with Crippen molar-refractivity contribution >= 4 is 27.9 Å². The molecule has 0 aliphatic carbocycles. The fraction of sp³-hybridized carbons (Fsp3) is 0.429. The molecule has 0 aromatic heterocycles. The number of ether oxygens (including phenoxy) is 1. The first-order chi connectivity index (χ1) is 9.11. The van der Waals surface area contributed by atoms with Crippen molar-refractivity contribution in [2.75, 3.05) is 0 Å². The Morgan fingerprint density at radius 2 is 1.75 bits per heavy atom. The van der Waals surface area contributed by atoms with E-state index in [1.165, 1.54) is 0 Å². The van der Waals surface area contributed by atoms with E-state index in [1.807, 2.05) is 0 Å². The molecule has 110 valence electrons. The highest BCUT2D eigenvalue weighted by atomic mass is 79.9. The van der Waals surface area contributed by atoms with Gasteiger partial charge in [-0.15, -0.1) is 0 Å². The first kappa shape index (κ1) is 16.7. The van der Waals surface area contributed by atoms with E-state index in [0.29, 0.717) is 5.56 Å². The number of carboxylic acids is 1. The maximum absolute atomic E-state index is 12.0. The molecule has 0 spiro atoms. The second-order valence-corrected chi connectivity index (χ2v) is 6.34. The summed E-state index contributed by atoms with van der Waals surface area (Å²) >= 11 is 3.28. The van der Waals surface area contributed by atoms with Crippen LogP contribution in [0.5, 0.6) is 0 Å². The molecule has 0 amide bonds. The SMILES string of the molecule is CC(C)(C)OC(=O)[C@@H](C(=O)O)[C@@H](N)c1ccc(Br)cc1. The number of benzene rings is 1. The zero-order valence-electron chi connectivity index (χ0n) is 11.6. The van der Waals surface area contributed by atoms with E-state index < -0.39 is 29.5 Å². The van der Waals surface area contributed by atoms with Crippen molar-refractivity contribution in [1.82, 2.24) is 0 Å². The topological polar surface area (TPSA) is 89.6 Å². The van der Waals surface area contributed by atoms with Gasteiger partial charge in [0.2, 0.25) is 0 Å². The van der Waals surface area contributed by atoms with Gasteiger partial charge in [0.05, 0.1) is 6.04 Å². The van der Waals surface area contributed by atoms with E-state index in [2.05, 4.69) is 15.9 Å². The fourth-order valence-corrected chi connectivity index (χ4v) is 1.91. The summed E-state index contributed by atoms with van der Waals surface area (Å²) in [4.78, 5) is 23.3. The molecule has 20 heavy (non-hydrogen) atoms. The van der Waals surface area contributed by atoms with Gasteiger partial charge in [0.15, 0.2) is 5.92 Å². The van der Waals surface area contributed by atoms with E-state index in [-0.39, 0.29) is 0 Å². The number of hydrogen-bond donors (Lipinski definition) is 2. The van der Waals surface area contributed by atoms with Crippen molar-refractivity contribution in [3.8, 4) is 0 Å². The standard InChI is InChI=1S/C14H18BrNO4/c1-14(2,3)20-13(19)10(12(17)18)11(16)8-4-6-9(15)7-5-8/h4-7,10-11H,16H2,1-3H3,(H,17,18)/t10-,11+/m1/s1. The Labute approximate surface area is 126 Å². The lowest BCUT2D eigenvalue weighted by Crippen LogP contribution is -2.39. The quantitative estimate of drug-likeness (QED) is 0.647. The zero-order valence-corrected chi connectivity index (χ0v) is 13.2. The maximum atomic E-state index is 12.0. The third kappa shape index (κ3) is 4.61. The Morgan fingerprint density at radius 3 is 2.15 bits per heavy atom. The van der Waals surface area contributed by atoms with Crippen molar-refractivity contribution < 1.29 is 19.4 Å². The highest BCUT2D eigenvalue weighted by Crippen LogP contribution is 2.24. The molecule has 0 aliphatic rings. The molecular weight excluding hydrogens is 326 g/mol. The zero-order chi connectivity index (χ0) is 15.5. The summed E-state index contributed by atoms with van der Waals surface area (Å²) in [5.74, 6) is -3.56. The summed E-state index contributed by atoms with van der Waals surface area (Å²) in [6, 6.07) is 5.87. The number of halogens is 1. The van der Waals surface area contributed by atoms with Gasteiger partial charge in [0, 0.05) is 4.47 Å². The van der Waals surface area contributed by atoms with E-state index in [1.54, 1.807) is 45.0 Å². The van der Waals surface area contributed by atoms with Crippen LogP contribution < -0.4 is 5.73 Å². The van der Waals surface area contributed by atoms with Gasteiger partial charge in [-0.05, 0) is 38.5 Å². The van der Waals surface area contributed by atoms with E-state index >= 15 is 0 Å². The number of nitrogens with two attached hydrogens (primary N) is 1. The van der Waals surface area contributed by atoms with Gasteiger partial charge in [0.25, 0.3) is 0 Å². The smallest absolute Gasteiger partial charge is 0.322 e. The Bertz CT molecular complexity index is 493. The molecule has 3 N–H and O–H groups in total. The summed E-state index contributed by atoms with van der Waals surface area (Å²) in [5, 5.41) is 9.24. The summed E-state index contributed by atoms with van der Waals surface area (Å²) in [7, 11) is 0. The molecule has 1 rings (SSSR count). The van der Waals surface area contributed by atoms with E-state index in [4.69, 9.17) is 10.5 Å². The third-order valence-electron chi connectivity index (χ3n) is 2.54. The molecule has 6 heteroatoms. The lowest BCUT2D eigenvalue weighted by molar-refractivity contribution is -0.167. The lowest BCUT2D eigenvalue weighted by Gasteiger charge is -2.25. The van der Waals surface area contributed by atoms with Crippen molar-refractivity contribution in [3.05, 3.63) is 34.3 Å². The van der Waals surface area contributed by atoms with E-state index in [9.17, 15) is 14.7 Å². The van der Waals surface area contributed by atoms with Gasteiger partial charge in [0.1, 0.15) is 5.60 Å². The number of rotatable bonds is 4. The van der Waals surface area contributed by atoms with Crippen LogP contribution in [0.2, 0.25) is 0 Å². The number of carbonyl (C=O) groups is 2. The Kier molecular flexibility index (Phi) is 5.30. The Morgan fingerprint density at radius 1 is 1.25 bits per heavy atom. The number of carboxylic acid groups (broad SMARTS) is 1. The molecule has 0 bridgehead atoms. The normalized spacial score (nSPS) is 14.4. The van der Waals surface area contributed by atoms with Gasteiger partial charge in [-0.1, -0.05) is 28.1 Å². The van der Waals surface area contributed by atoms with Crippen LogP contribution in [0.4, 0.5) is 0 Å². The molecule has 0 aliphatic heterocycles. The highest BCUT2D eigenvalue weighted by Gasteiger charge is 2.37. The molecule has 1 aromatic rings. The van der Waals surface area contributed by atoms with Crippen LogP contribution in [0.1, 0.15) is 32.4 Å². The number of carbonyl (C=O) groups excluding carboxylic acids is 1. The van der Waals surface area contributed by atoms with Crippen LogP contribution >= 0.6 is 15.9 Å². The first-order valence-electron chi connectivity index (χ1n) is 6.08. The number of hydrogen-bond acceptors (Lipinski definition) is 4. The summed E-state index contributed by atoms with van der Waals surface area (Å²) in [6.07, 6.45) is 0. The minimum Gasteiger partial charge on any atom is -0.481 e. The average molecular weight is 344 g/mol. The molecule has 0 saturated heterocycles. The molecule has 5 nitrogen and oxygen atoms in total. The van der Waals surface area contributed by atoms with Gasteiger partial charge in [-0.25, -0.2) is 0 Å². The van der Waals surface area contributed by atoms with Crippen LogP contribution in [0.15, 0.2) is 28.7 Å². The third-order valence-corrected chi connectivity index (χ3v) is 3.07. The number of esters is 1. The second-order valence-electron chi connectivity index (χ2n) is 5.43. The molecule has 0 radical (unpaired) electrons. The average Bonchev–Trinajstić information content (AvgIpc) is 2.26. The summed E-state index contributed by atoms with van der Waals surface area (Å²) < 4.78 is 5.96. The second kappa shape index (κ2) is 6.37. The predicted molar refractivity (Wildman–Crippen MR) is 78.0 cm³/mol. The monoisotopic (exact) mass is 343 g/mol. The molecule has 0 heterocycles. The molecule has 0 unspecified atom stereocenters. The van der Waals surface area contributed by atoms with Gasteiger partial charge in [-0.2, -0.15) is 0 Å². The molecule has 2 atom stereocenters. The van der Waals surface area contributed by atoms with Crippen molar-refractivity contribution in [2.24, 2.45) is 11.7 Å². The van der Waals surface area contributed by atoms with Crippen molar-refractivity contribution in [3.63, 3.8) is 0 Å². The van der Waals surface area contributed by atoms with Crippen LogP contribution in [0, 0.1) is 5.92 Å². The minimum atomic E-state index is -1.43.